The lowest BCUT2D eigenvalue weighted by molar-refractivity contribution is 0.961. The van der Waals surface area contributed by atoms with Crippen LogP contribution in [-0.2, 0) is 0 Å². The van der Waals surface area contributed by atoms with Gasteiger partial charge in [0, 0.05) is 0 Å². The number of aromatic nitrogens is 4. The van der Waals surface area contributed by atoms with Gasteiger partial charge in [-0.2, -0.15) is 0 Å². The van der Waals surface area contributed by atoms with Crippen molar-refractivity contribution in [2.24, 2.45) is 0 Å². The summed E-state index contributed by atoms with van der Waals surface area (Å²) in [6.07, 6.45) is 9.58. The molecular weight excluding hydrogens is 176 g/mol. The van der Waals surface area contributed by atoms with Crippen LogP contribution in [0.1, 0.15) is 25.6 Å². The fourth-order valence-electron chi connectivity index (χ4n) is 1.18. The average molecular weight is 188 g/mol. The van der Waals surface area contributed by atoms with E-state index in [-0.39, 0.29) is 0 Å². The van der Waals surface area contributed by atoms with Gasteiger partial charge in [0.1, 0.15) is 5.52 Å². The van der Waals surface area contributed by atoms with Crippen LogP contribution in [0.4, 0.5) is 0 Å². The molecule has 14 heavy (non-hydrogen) atoms. The Hall–Kier alpha value is -1.71. The third-order valence-corrected chi connectivity index (χ3v) is 1.92. The molecule has 0 unspecified atom stereocenters. The Kier molecular flexibility index (Phi) is 2.53. The van der Waals surface area contributed by atoms with Gasteiger partial charge < -0.3 is 4.98 Å². The molecule has 4 heteroatoms. The zero-order valence-corrected chi connectivity index (χ0v) is 8.07. The third kappa shape index (κ3) is 1.79. The highest BCUT2D eigenvalue weighted by molar-refractivity contribution is 5.69. The Labute approximate surface area is 82.1 Å². The number of fused-ring (bicyclic) bond motifs is 1. The van der Waals surface area contributed by atoms with E-state index in [1.165, 1.54) is 0 Å². The quantitative estimate of drug-likeness (QED) is 0.803. The van der Waals surface area contributed by atoms with Crippen LogP contribution in [0.15, 0.2) is 18.6 Å². The molecular formula is C10H12N4. The second kappa shape index (κ2) is 4.00. The Bertz CT molecular complexity index is 444. The van der Waals surface area contributed by atoms with Crippen molar-refractivity contribution in [3.05, 3.63) is 24.4 Å². The van der Waals surface area contributed by atoms with Crippen molar-refractivity contribution in [2.75, 3.05) is 0 Å². The van der Waals surface area contributed by atoms with Crippen molar-refractivity contribution < 1.29 is 0 Å². The number of aromatic amines is 1. The van der Waals surface area contributed by atoms with Crippen molar-refractivity contribution in [2.45, 2.75) is 19.8 Å². The van der Waals surface area contributed by atoms with E-state index in [4.69, 9.17) is 0 Å². The Morgan fingerprint density at radius 2 is 2.36 bits per heavy atom. The maximum atomic E-state index is 4.27. The molecule has 1 N–H and O–H groups in total. The molecule has 2 heterocycles. The van der Waals surface area contributed by atoms with Crippen LogP contribution < -0.4 is 0 Å². The monoisotopic (exact) mass is 188 g/mol. The van der Waals surface area contributed by atoms with Crippen LogP contribution in [0.2, 0.25) is 0 Å². The molecule has 0 spiro atoms. The van der Waals surface area contributed by atoms with Crippen LogP contribution in [0.25, 0.3) is 17.2 Å². The number of hydrogen-bond acceptors (Lipinski definition) is 3. The number of nitrogens with one attached hydrogen (secondary N) is 1. The SMILES string of the molecule is CCCC=Cc1ncc2[nH]cnc2n1. The fourth-order valence-corrected chi connectivity index (χ4v) is 1.18. The van der Waals surface area contributed by atoms with Crippen LogP contribution in [-0.4, -0.2) is 19.9 Å². The normalized spacial score (nSPS) is 11.5. The molecule has 2 rings (SSSR count). The first kappa shape index (κ1) is 8.87. The predicted molar refractivity (Wildman–Crippen MR) is 55.6 cm³/mol. The van der Waals surface area contributed by atoms with Gasteiger partial charge in [-0.05, 0) is 12.5 Å². The minimum atomic E-state index is 0.719. The van der Waals surface area contributed by atoms with Gasteiger partial charge in [-0.3, -0.25) is 0 Å². The highest BCUT2D eigenvalue weighted by Gasteiger charge is 1.97. The lowest BCUT2D eigenvalue weighted by Gasteiger charge is -1.91. The van der Waals surface area contributed by atoms with Crippen molar-refractivity contribution in [1.29, 1.82) is 0 Å². The van der Waals surface area contributed by atoms with Gasteiger partial charge in [0.25, 0.3) is 0 Å². The van der Waals surface area contributed by atoms with E-state index in [1.807, 2.05) is 6.08 Å². The molecule has 2 aromatic heterocycles. The van der Waals surface area contributed by atoms with Crippen molar-refractivity contribution in [3.8, 4) is 0 Å². The van der Waals surface area contributed by atoms with Crippen LogP contribution in [0, 0.1) is 0 Å². The summed E-state index contributed by atoms with van der Waals surface area (Å²) in [6.45, 7) is 2.14. The minimum Gasteiger partial charge on any atom is -0.342 e. The van der Waals surface area contributed by atoms with Crippen molar-refractivity contribution >= 4 is 17.2 Å². The molecule has 0 bridgehead atoms. The molecule has 72 valence electrons. The summed E-state index contributed by atoms with van der Waals surface area (Å²) < 4.78 is 0. The van der Waals surface area contributed by atoms with E-state index >= 15 is 0 Å². The third-order valence-electron chi connectivity index (χ3n) is 1.92. The molecule has 0 saturated carbocycles. The van der Waals surface area contributed by atoms with Crippen LogP contribution >= 0.6 is 0 Å². The predicted octanol–water partition coefficient (Wildman–Crippen LogP) is 2.17. The molecule has 0 fully saturated rings. The largest absolute Gasteiger partial charge is 0.342 e. The van der Waals surface area contributed by atoms with E-state index in [2.05, 4.69) is 32.9 Å². The van der Waals surface area contributed by atoms with Crippen molar-refractivity contribution in [3.63, 3.8) is 0 Å². The number of hydrogen-bond donors (Lipinski definition) is 1. The minimum absolute atomic E-state index is 0.719. The summed E-state index contributed by atoms with van der Waals surface area (Å²) >= 11 is 0. The first-order valence-electron chi connectivity index (χ1n) is 4.73. The van der Waals surface area contributed by atoms with Gasteiger partial charge in [0.2, 0.25) is 0 Å². The zero-order valence-electron chi connectivity index (χ0n) is 8.07. The Balaban J connectivity index is 2.25. The topological polar surface area (TPSA) is 54.5 Å². The summed E-state index contributed by atoms with van der Waals surface area (Å²) in [5.41, 5.74) is 1.59. The second-order valence-electron chi connectivity index (χ2n) is 3.06. The molecule has 0 saturated heterocycles. The van der Waals surface area contributed by atoms with Gasteiger partial charge in [-0.15, -0.1) is 0 Å². The zero-order chi connectivity index (χ0) is 9.80. The molecule has 0 atom stereocenters. The van der Waals surface area contributed by atoms with E-state index in [0.717, 1.165) is 29.8 Å². The molecule has 0 amide bonds. The number of imidazole rings is 1. The first-order valence-corrected chi connectivity index (χ1v) is 4.73. The molecule has 0 aliphatic rings. The molecule has 0 radical (unpaired) electrons. The number of H-pyrrole nitrogens is 1. The van der Waals surface area contributed by atoms with E-state index in [1.54, 1.807) is 12.5 Å². The number of unbranched alkanes of at least 4 members (excludes halogenated alkanes) is 1. The number of nitrogens with zero attached hydrogens (tertiary/aromatic N) is 3. The van der Waals surface area contributed by atoms with Gasteiger partial charge in [-0.25, -0.2) is 15.0 Å². The average Bonchev–Trinajstić information content (AvgIpc) is 2.65. The molecule has 0 aromatic carbocycles. The number of allylic oxidation sites excluding steroid dienone is 1. The molecule has 0 aliphatic heterocycles. The van der Waals surface area contributed by atoms with Gasteiger partial charge in [0.15, 0.2) is 11.5 Å². The number of rotatable bonds is 3. The summed E-state index contributed by atoms with van der Waals surface area (Å²) in [5, 5.41) is 0. The maximum absolute atomic E-state index is 4.27. The summed E-state index contributed by atoms with van der Waals surface area (Å²) in [4.78, 5) is 15.5. The molecule has 4 nitrogen and oxygen atoms in total. The van der Waals surface area contributed by atoms with Crippen LogP contribution in [0.5, 0.6) is 0 Å². The smallest absolute Gasteiger partial charge is 0.181 e. The van der Waals surface area contributed by atoms with Crippen molar-refractivity contribution in [1.82, 2.24) is 19.9 Å². The second-order valence-corrected chi connectivity index (χ2v) is 3.06. The summed E-state index contributed by atoms with van der Waals surface area (Å²) in [6, 6.07) is 0. The standard InChI is InChI=1S/C10H12N4/c1-2-3-4-5-9-11-6-8-10(14-9)13-7-12-8/h4-7H,2-3H2,1H3,(H,11,12,13,14). The lowest BCUT2D eigenvalue weighted by atomic mass is 10.3. The van der Waals surface area contributed by atoms with E-state index in [0.29, 0.717) is 0 Å². The molecule has 2 aromatic rings. The Morgan fingerprint density at radius 3 is 3.21 bits per heavy atom. The Morgan fingerprint density at radius 1 is 1.43 bits per heavy atom. The van der Waals surface area contributed by atoms with E-state index < -0.39 is 0 Å². The summed E-state index contributed by atoms with van der Waals surface area (Å²) in [5.74, 6) is 0.720. The van der Waals surface area contributed by atoms with E-state index in [9.17, 15) is 0 Å². The fraction of sp³-hybridized carbons (Fsp3) is 0.300. The van der Waals surface area contributed by atoms with Gasteiger partial charge in [-0.1, -0.05) is 19.4 Å². The summed E-state index contributed by atoms with van der Waals surface area (Å²) in [7, 11) is 0. The van der Waals surface area contributed by atoms with Gasteiger partial charge >= 0.3 is 0 Å². The van der Waals surface area contributed by atoms with Gasteiger partial charge in [0.05, 0.1) is 12.5 Å². The first-order chi connectivity index (χ1) is 6.90. The molecule has 0 aliphatic carbocycles. The highest BCUT2D eigenvalue weighted by atomic mass is 15.0. The lowest BCUT2D eigenvalue weighted by Crippen LogP contribution is -1.87. The highest BCUT2D eigenvalue weighted by Crippen LogP contribution is 2.05. The maximum Gasteiger partial charge on any atom is 0.181 e. The van der Waals surface area contributed by atoms with Crippen LogP contribution in [0.3, 0.4) is 0 Å².